The fourth-order valence-electron chi connectivity index (χ4n) is 2.74. The number of hydrogen-bond acceptors (Lipinski definition) is 2. The lowest BCUT2D eigenvalue weighted by Gasteiger charge is -2.33. The molecule has 0 spiro atoms. The fraction of sp³-hybridized carbons (Fsp3) is 0.846. The predicted molar refractivity (Wildman–Crippen MR) is 69.4 cm³/mol. The molecule has 0 aromatic carbocycles. The van der Waals surface area contributed by atoms with Crippen LogP contribution in [-0.2, 0) is 4.79 Å². The van der Waals surface area contributed by atoms with E-state index in [0.717, 1.165) is 12.8 Å². The molecular weight excluding hydrogens is 232 g/mol. The molecule has 1 aliphatic rings. The molecule has 1 fully saturated rings. The number of carboxylic acid groups (broad SMARTS) is 1. The van der Waals surface area contributed by atoms with E-state index >= 15 is 0 Å². The van der Waals surface area contributed by atoms with E-state index in [4.69, 9.17) is 5.11 Å². The molecule has 0 aliphatic carbocycles. The van der Waals surface area contributed by atoms with Gasteiger partial charge in [0.05, 0.1) is 5.92 Å². The Hall–Kier alpha value is -1.26. The van der Waals surface area contributed by atoms with Crippen LogP contribution in [0, 0.1) is 5.92 Å². The van der Waals surface area contributed by atoms with Crippen molar-refractivity contribution < 1.29 is 14.7 Å². The Morgan fingerprint density at radius 3 is 2.33 bits per heavy atom. The monoisotopic (exact) mass is 256 g/mol. The van der Waals surface area contributed by atoms with Crippen LogP contribution in [0.1, 0.15) is 40.0 Å². The molecule has 104 valence electrons. The molecule has 0 aromatic rings. The van der Waals surface area contributed by atoms with E-state index in [1.165, 1.54) is 0 Å². The van der Waals surface area contributed by atoms with Crippen LogP contribution in [0.3, 0.4) is 0 Å². The zero-order valence-corrected chi connectivity index (χ0v) is 11.7. The van der Waals surface area contributed by atoms with Gasteiger partial charge in [-0.3, -0.25) is 4.79 Å². The maximum atomic E-state index is 12.3. The first-order valence-electron chi connectivity index (χ1n) is 6.70. The molecule has 0 saturated carbocycles. The summed E-state index contributed by atoms with van der Waals surface area (Å²) in [5, 5.41) is 9.07. The highest BCUT2D eigenvalue weighted by atomic mass is 16.4. The lowest BCUT2D eigenvalue weighted by Crippen LogP contribution is -2.48. The van der Waals surface area contributed by atoms with Crippen LogP contribution < -0.4 is 0 Å². The van der Waals surface area contributed by atoms with Crippen molar-refractivity contribution in [3.8, 4) is 0 Å². The molecular formula is C13H24N2O3. The zero-order valence-electron chi connectivity index (χ0n) is 11.7. The van der Waals surface area contributed by atoms with Crippen molar-refractivity contribution >= 4 is 12.0 Å². The molecule has 2 atom stereocenters. The molecule has 2 unspecified atom stereocenters. The van der Waals surface area contributed by atoms with Crippen LogP contribution in [-0.4, -0.2) is 52.6 Å². The van der Waals surface area contributed by atoms with Gasteiger partial charge in [0, 0.05) is 25.7 Å². The van der Waals surface area contributed by atoms with Crippen molar-refractivity contribution in [1.29, 1.82) is 0 Å². The fourth-order valence-corrected chi connectivity index (χ4v) is 2.74. The van der Waals surface area contributed by atoms with Gasteiger partial charge in [0.15, 0.2) is 0 Å². The predicted octanol–water partition coefficient (Wildman–Crippen LogP) is 2.02. The number of urea groups is 1. The first-order valence-corrected chi connectivity index (χ1v) is 6.70. The third-order valence-electron chi connectivity index (χ3n) is 4.11. The van der Waals surface area contributed by atoms with Gasteiger partial charge in [-0.1, -0.05) is 13.8 Å². The average Bonchev–Trinajstić information content (AvgIpc) is 2.71. The number of likely N-dealkylation sites (tertiary alicyclic amines) is 1. The number of carbonyl (C=O) groups is 2. The van der Waals surface area contributed by atoms with Crippen LogP contribution in [0.4, 0.5) is 4.79 Å². The average molecular weight is 256 g/mol. The number of nitrogens with zero attached hydrogens (tertiary/aromatic N) is 2. The molecule has 1 heterocycles. The first-order chi connectivity index (χ1) is 8.43. The van der Waals surface area contributed by atoms with Crippen molar-refractivity contribution in [2.45, 2.75) is 52.1 Å². The Kier molecular flexibility index (Phi) is 4.99. The Labute approximate surface area is 109 Å². The second-order valence-electron chi connectivity index (χ2n) is 5.03. The topological polar surface area (TPSA) is 60.9 Å². The smallest absolute Gasteiger partial charge is 0.320 e. The number of amides is 2. The molecule has 5 heteroatoms. The Morgan fingerprint density at radius 1 is 1.39 bits per heavy atom. The van der Waals surface area contributed by atoms with Gasteiger partial charge in [-0.05, 0) is 26.2 Å². The number of hydrogen-bond donors (Lipinski definition) is 1. The van der Waals surface area contributed by atoms with E-state index in [2.05, 4.69) is 13.8 Å². The Balaban J connectivity index is 2.71. The molecule has 2 amide bonds. The Bertz CT molecular complexity index is 315. The molecule has 1 aliphatic heterocycles. The number of aliphatic carboxylic acids is 1. The van der Waals surface area contributed by atoms with Crippen LogP contribution in [0.25, 0.3) is 0 Å². The standard InChI is InChI=1S/C13H24N2O3/c1-5-10(6-2)14(4)13(18)15-8-7-11(9(15)3)12(16)17/h9-11H,5-8H2,1-4H3,(H,16,17). The third kappa shape index (κ3) is 2.76. The summed E-state index contributed by atoms with van der Waals surface area (Å²) in [7, 11) is 1.81. The minimum absolute atomic E-state index is 0.0417. The largest absolute Gasteiger partial charge is 0.481 e. The normalized spacial score (nSPS) is 23.5. The molecule has 0 radical (unpaired) electrons. The SMILES string of the molecule is CCC(CC)N(C)C(=O)N1CCC(C(=O)O)C1C. The highest BCUT2D eigenvalue weighted by Crippen LogP contribution is 2.26. The molecule has 1 rings (SSSR count). The maximum absolute atomic E-state index is 12.3. The van der Waals surface area contributed by atoms with Crippen LogP contribution >= 0.6 is 0 Å². The number of carboxylic acids is 1. The number of rotatable bonds is 4. The van der Waals surface area contributed by atoms with Crippen molar-refractivity contribution in [3.05, 3.63) is 0 Å². The zero-order chi connectivity index (χ0) is 13.9. The molecule has 1 saturated heterocycles. The van der Waals surface area contributed by atoms with Crippen molar-refractivity contribution in [3.63, 3.8) is 0 Å². The molecule has 5 nitrogen and oxygen atoms in total. The minimum Gasteiger partial charge on any atom is -0.481 e. The summed E-state index contributed by atoms with van der Waals surface area (Å²) in [6, 6.07) is -0.0275. The minimum atomic E-state index is -0.803. The molecule has 18 heavy (non-hydrogen) atoms. The van der Waals surface area contributed by atoms with Gasteiger partial charge in [-0.15, -0.1) is 0 Å². The van der Waals surface area contributed by atoms with E-state index in [-0.39, 0.29) is 18.1 Å². The third-order valence-corrected chi connectivity index (χ3v) is 4.11. The van der Waals surface area contributed by atoms with Crippen molar-refractivity contribution in [2.75, 3.05) is 13.6 Å². The summed E-state index contributed by atoms with van der Waals surface area (Å²) < 4.78 is 0. The van der Waals surface area contributed by atoms with Crippen LogP contribution in [0.15, 0.2) is 0 Å². The van der Waals surface area contributed by atoms with Crippen LogP contribution in [0.2, 0.25) is 0 Å². The van der Waals surface area contributed by atoms with Gasteiger partial charge in [0.25, 0.3) is 0 Å². The van der Waals surface area contributed by atoms with E-state index in [0.29, 0.717) is 13.0 Å². The Morgan fingerprint density at radius 2 is 1.94 bits per heavy atom. The first kappa shape index (κ1) is 14.8. The van der Waals surface area contributed by atoms with E-state index in [9.17, 15) is 9.59 Å². The number of carbonyl (C=O) groups excluding carboxylic acids is 1. The van der Waals surface area contributed by atoms with Crippen LogP contribution in [0.5, 0.6) is 0 Å². The molecule has 0 bridgehead atoms. The summed E-state index contributed by atoms with van der Waals surface area (Å²) in [6.45, 7) is 6.49. The van der Waals surface area contributed by atoms with Gasteiger partial charge in [-0.25, -0.2) is 4.79 Å². The van der Waals surface area contributed by atoms with Crippen molar-refractivity contribution in [2.24, 2.45) is 5.92 Å². The molecule has 0 aromatic heterocycles. The van der Waals surface area contributed by atoms with E-state index in [1.807, 2.05) is 6.92 Å². The van der Waals surface area contributed by atoms with E-state index in [1.54, 1.807) is 16.8 Å². The van der Waals surface area contributed by atoms with Gasteiger partial charge >= 0.3 is 12.0 Å². The van der Waals surface area contributed by atoms with Gasteiger partial charge in [0.2, 0.25) is 0 Å². The molecule has 1 N–H and O–H groups in total. The summed E-state index contributed by atoms with van der Waals surface area (Å²) in [5.41, 5.74) is 0. The second kappa shape index (κ2) is 6.07. The van der Waals surface area contributed by atoms with Gasteiger partial charge in [0.1, 0.15) is 0 Å². The lowest BCUT2D eigenvalue weighted by atomic mass is 10.0. The van der Waals surface area contributed by atoms with Gasteiger partial charge < -0.3 is 14.9 Å². The summed E-state index contributed by atoms with van der Waals surface area (Å²) >= 11 is 0. The summed E-state index contributed by atoms with van der Waals surface area (Å²) in [4.78, 5) is 26.8. The second-order valence-corrected chi connectivity index (χ2v) is 5.03. The lowest BCUT2D eigenvalue weighted by molar-refractivity contribution is -0.142. The highest BCUT2D eigenvalue weighted by molar-refractivity contribution is 5.78. The van der Waals surface area contributed by atoms with Crippen molar-refractivity contribution in [1.82, 2.24) is 9.80 Å². The summed E-state index contributed by atoms with van der Waals surface area (Å²) in [6.07, 6.45) is 2.39. The quantitative estimate of drug-likeness (QED) is 0.837. The highest BCUT2D eigenvalue weighted by Gasteiger charge is 2.39. The van der Waals surface area contributed by atoms with E-state index < -0.39 is 11.9 Å². The van der Waals surface area contributed by atoms with Gasteiger partial charge in [-0.2, -0.15) is 0 Å². The summed E-state index contributed by atoms with van der Waals surface area (Å²) in [5.74, 6) is -1.23. The maximum Gasteiger partial charge on any atom is 0.320 e.